The number of hydrogen-bond acceptors (Lipinski definition) is 4. The zero-order valence-corrected chi connectivity index (χ0v) is 17.1. The predicted octanol–water partition coefficient (Wildman–Crippen LogP) is 2.24. The first-order valence-electron chi connectivity index (χ1n) is 9.23. The molecule has 6 nitrogen and oxygen atoms in total. The molecule has 0 radical (unpaired) electrons. The summed E-state index contributed by atoms with van der Waals surface area (Å²) in [5, 5.41) is 2.96. The van der Waals surface area contributed by atoms with Crippen molar-refractivity contribution in [2.24, 2.45) is 5.92 Å². The maximum absolute atomic E-state index is 12.3. The van der Waals surface area contributed by atoms with Gasteiger partial charge in [-0.15, -0.1) is 0 Å². The summed E-state index contributed by atoms with van der Waals surface area (Å²) in [6.07, 6.45) is 4.68. The van der Waals surface area contributed by atoms with Crippen LogP contribution in [0.5, 0.6) is 0 Å². The maximum atomic E-state index is 12.3. The molecule has 0 bridgehead atoms. The zero-order valence-electron chi connectivity index (χ0n) is 16.3. The van der Waals surface area contributed by atoms with Crippen molar-refractivity contribution in [2.75, 3.05) is 43.8 Å². The van der Waals surface area contributed by atoms with Gasteiger partial charge in [0.05, 0.1) is 11.9 Å². The molecule has 1 aliphatic heterocycles. The highest BCUT2D eigenvalue weighted by atomic mass is 32.2. The molecule has 2 rings (SSSR count). The molecule has 7 heteroatoms. The van der Waals surface area contributed by atoms with Crippen molar-refractivity contribution in [3.63, 3.8) is 0 Å². The second-order valence-electron chi connectivity index (χ2n) is 7.39. The number of piperidine rings is 1. The highest BCUT2D eigenvalue weighted by Gasteiger charge is 2.17. The Labute approximate surface area is 157 Å². The Balaban J connectivity index is 1.85. The van der Waals surface area contributed by atoms with Crippen LogP contribution in [0.1, 0.15) is 42.1 Å². The van der Waals surface area contributed by atoms with Crippen molar-refractivity contribution in [1.82, 2.24) is 10.2 Å². The minimum absolute atomic E-state index is 0.117. The van der Waals surface area contributed by atoms with E-state index in [0.29, 0.717) is 17.8 Å². The van der Waals surface area contributed by atoms with Gasteiger partial charge in [0.1, 0.15) is 0 Å². The Morgan fingerprint density at radius 3 is 2.73 bits per heavy atom. The molecule has 0 aromatic heterocycles. The van der Waals surface area contributed by atoms with Gasteiger partial charge in [0, 0.05) is 25.7 Å². The zero-order chi connectivity index (χ0) is 19.3. The van der Waals surface area contributed by atoms with Crippen LogP contribution in [0.2, 0.25) is 0 Å². The van der Waals surface area contributed by atoms with Crippen LogP contribution in [0.4, 0.5) is 5.69 Å². The molecule has 146 valence electrons. The van der Waals surface area contributed by atoms with E-state index in [4.69, 9.17) is 0 Å². The molecule has 1 aliphatic rings. The average molecular weight is 382 g/mol. The molecule has 1 atom stereocenters. The third kappa shape index (κ3) is 5.71. The van der Waals surface area contributed by atoms with Gasteiger partial charge < -0.3 is 10.2 Å². The highest BCUT2D eigenvalue weighted by molar-refractivity contribution is 7.92. The molecule has 26 heavy (non-hydrogen) atoms. The summed E-state index contributed by atoms with van der Waals surface area (Å²) in [4.78, 5) is 14.8. The topological polar surface area (TPSA) is 69.7 Å². The third-order valence-corrected chi connectivity index (χ3v) is 6.17. The van der Waals surface area contributed by atoms with Crippen molar-refractivity contribution >= 4 is 21.6 Å². The van der Waals surface area contributed by atoms with Crippen LogP contribution in [-0.2, 0) is 10.0 Å². The molecular weight excluding hydrogens is 350 g/mol. The van der Waals surface area contributed by atoms with Gasteiger partial charge >= 0.3 is 0 Å². The summed E-state index contributed by atoms with van der Waals surface area (Å²) in [5.41, 5.74) is 1.90. The van der Waals surface area contributed by atoms with Crippen molar-refractivity contribution in [3.05, 3.63) is 29.3 Å². The van der Waals surface area contributed by atoms with Gasteiger partial charge in [-0.1, -0.05) is 6.92 Å². The summed E-state index contributed by atoms with van der Waals surface area (Å²) in [7, 11) is -1.80. The number of carbonyl (C=O) groups is 1. The maximum Gasteiger partial charge on any atom is 0.251 e. The molecule has 1 aromatic carbocycles. The fraction of sp³-hybridized carbons (Fsp3) is 0.632. The summed E-state index contributed by atoms with van der Waals surface area (Å²) in [6, 6.07) is 5.09. The lowest BCUT2D eigenvalue weighted by molar-refractivity contribution is 0.0950. The second kappa shape index (κ2) is 8.86. The van der Waals surface area contributed by atoms with E-state index in [1.54, 1.807) is 18.2 Å². The number of amides is 1. The van der Waals surface area contributed by atoms with Crippen LogP contribution in [0, 0.1) is 12.8 Å². The Kier molecular flexibility index (Phi) is 7.06. The monoisotopic (exact) mass is 381 g/mol. The van der Waals surface area contributed by atoms with E-state index < -0.39 is 10.0 Å². The average Bonchev–Trinajstić information content (AvgIpc) is 2.57. The molecule has 1 fully saturated rings. The standard InChI is InChI=1S/C19H31N3O3S/c1-15-7-5-11-22(14-15)12-6-10-20-19(23)17-8-9-18(16(2)13-17)21(3)26(4,24)25/h8-9,13,15H,5-7,10-12,14H2,1-4H3,(H,20,23). The fourth-order valence-electron chi connectivity index (χ4n) is 3.43. The van der Waals surface area contributed by atoms with E-state index in [0.717, 1.165) is 43.8 Å². The van der Waals surface area contributed by atoms with Crippen LogP contribution in [0.25, 0.3) is 0 Å². The van der Waals surface area contributed by atoms with Gasteiger partial charge in [-0.3, -0.25) is 9.10 Å². The number of anilines is 1. The lowest BCUT2D eigenvalue weighted by Gasteiger charge is -2.30. The van der Waals surface area contributed by atoms with Gasteiger partial charge in [0.25, 0.3) is 5.91 Å². The first-order chi connectivity index (χ1) is 12.2. The fourth-order valence-corrected chi connectivity index (χ4v) is 3.99. The van der Waals surface area contributed by atoms with Gasteiger partial charge in [0.2, 0.25) is 10.0 Å². The smallest absolute Gasteiger partial charge is 0.251 e. The third-order valence-electron chi connectivity index (χ3n) is 4.97. The largest absolute Gasteiger partial charge is 0.352 e. The molecule has 1 aromatic rings. The molecule has 0 spiro atoms. The number of nitrogens with one attached hydrogen (secondary N) is 1. The summed E-state index contributed by atoms with van der Waals surface area (Å²) in [6.45, 7) is 8.08. The van der Waals surface area contributed by atoms with Crippen molar-refractivity contribution in [2.45, 2.75) is 33.1 Å². The van der Waals surface area contributed by atoms with E-state index in [1.807, 2.05) is 6.92 Å². The number of rotatable bonds is 7. The minimum atomic E-state index is -3.32. The Hall–Kier alpha value is -1.60. The predicted molar refractivity (Wildman–Crippen MR) is 106 cm³/mol. The van der Waals surface area contributed by atoms with Crippen molar-refractivity contribution in [1.29, 1.82) is 0 Å². The van der Waals surface area contributed by atoms with E-state index in [-0.39, 0.29) is 5.91 Å². The van der Waals surface area contributed by atoms with Crippen LogP contribution >= 0.6 is 0 Å². The second-order valence-corrected chi connectivity index (χ2v) is 9.40. The van der Waals surface area contributed by atoms with E-state index in [2.05, 4.69) is 17.1 Å². The first-order valence-corrected chi connectivity index (χ1v) is 11.1. The van der Waals surface area contributed by atoms with Crippen molar-refractivity contribution in [3.8, 4) is 0 Å². The SMILES string of the molecule is Cc1cc(C(=O)NCCCN2CCCC(C)C2)ccc1N(C)S(C)(=O)=O. The molecule has 0 saturated carbocycles. The number of aryl methyl sites for hydroxylation is 1. The van der Waals surface area contributed by atoms with Gasteiger partial charge in [-0.25, -0.2) is 8.42 Å². The number of carbonyl (C=O) groups excluding carboxylic acids is 1. The number of sulfonamides is 1. The number of nitrogens with zero attached hydrogens (tertiary/aromatic N) is 2. The lowest BCUT2D eigenvalue weighted by Crippen LogP contribution is -2.36. The quantitative estimate of drug-likeness (QED) is 0.736. The Bertz CT molecular complexity index is 734. The van der Waals surface area contributed by atoms with Gasteiger partial charge in [0.15, 0.2) is 0 Å². The normalized spacial score (nSPS) is 18.5. The first kappa shape index (κ1) is 20.7. The number of benzene rings is 1. The van der Waals surface area contributed by atoms with Crippen LogP contribution in [-0.4, -0.2) is 58.7 Å². The Morgan fingerprint density at radius 1 is 1.38 bits per heavy atom. The van der Waals surface area contributed by atoms with Crippen LogP contribution < -0.4 is 9.62 Å². The van der Waals surface area contributed by atoms with Crippen LogP contribution in [0.15, 0.2) is 18.2 Å². The van der Waals surface area contributed by atoms with Crippen molar-refractivity contribution < 1.29 is 13.2 Å². The van der Waals surface area contributed by atoms with Gasteiger partial charge in [-0.05, 0) is 69.0 Å². The summed E-state index contributed by atoms with van der Waals surface area (Å²) in [5.74, 6) is 0.651. The minimum Gasteiger partial charge on any atom is -0.352 e. The Morgan fingerprint density at radius 2 is 2.12 bits per heavy atom. The molecule has 0 aliphatic carbocycles. The molecule has 1 saturated heterocycles. The van der Waals surface area contributed by atoms with Gasteiger partial charge in [-0.2, -0.15) is 0 Å². The molecule has 1 heterocycles. The molecule has 1 N–H and O–H groups in total. The van der Waals surface area contributed by atoms with E-state index in [9.17, 15) is 13.2 Å². The van der Waals surface area contributed by atoms with E-state index in [1.165, 1.54) is 24.2 Å². The molecule has 1 amide bonds. The number of likely N-dealkylation sites (tertiary alicyclic amines) is 1. The summed E-state index contributed by atoms with van der Waals surface area (Å²) >= 11 is 0. The molecular formula is C19H31N3O3S. The van der Waals surface area contributed by atoms with E-state index >= 15 is 0 Å². The van der Waals surface area contributed by atoms with Crippen LogP contribution in [0.3, 0.4) is 0 Å². The number of hydrogen-bond donors (Lipinski definition) is 1. The lowest BCUT2D eigenvalue weighted by atomic mass is 10.0. The summed E-state index contributed by atoms with van der Waals surface area (Å²) < 4.78 is 24.6. The highest BCUT2D eigenvalue weighted by Crippen LogP contribution is 2.22. The molecule has 1 unspecified atom stereocenters.